The third-order valence-electron chi connectivity index (χ3n) is 3.20. The van der Waals surface area contributed by atoms with E-state index in [9.17, 15) is 15.0 Å². The SMILES string of the molecule is CC(=O)c1c(O)cc(OC/C=C(\C)CCC=C(C)C)cc1O. The van der Waals surface area contributed by atoms with Crippen LogP contribution in [0.1, 0.15) is 50.9 Å². The Bertz CT molecular complexity index is 570. The predicted octanol–water partition coefficient (Wildman–Crippen LogP) is 4.37. The maximum Gasteiger partial charge on any atom is 0.167 e. The zero-order valence-corrected chi connectivity index (χ0v) is 13.6. The molecule has 2 N–H and O–H groups in total. The largest absolute Gasteiger partial charge is 0.507 e. The van der Waals surface area contributed by atoms with Gasteiger partial charge in [0.15, 0.2) is 5.78 Å². The van der Waals surface area contributed by atoms with Gasteiger partial charge in [-0.3, -0.25) is 4.79 Å². The summed E-state index contributed by atoms with van der Waals surface area (Å²) >= 11 is 0. The summed E-state index contributed by atoms with van der Waals surface area (Å²) in [7, 11) is 0. The van der Waals surface area contributed by atoms with Crippen LogP contribution in [0.2, 0.25) is 0 Å². The second-order valence-electron chi connectivity index (χ2n) is 5.57. The average Bonchev–Trinajstić information content (AvgIpc) is 2.36. The van der Waals surface area contributed by atoms with Gasteiger partial charge in [-0.25, -0.2) is 0 Å². The van der Waals surface area contributed by atoms with Crippen LogP contribution in [0.3, 0.4) is 0 Å². The molecule has 4 nitrogen and oxygen atoms in total. The molecule has 1 aromatic rings. The summed E-state index contributed by atoms with van der Waals surface area (Å²) in [6.07, 6.45) is 6.12. The van der Waals surface area contributed by atoms with Crippen LogP contribution in [0.15, 0.2) is 35.4 Å². The highest BCUT2D eigenvalue weighted by molar-refractivity contribution is 5.99. The van der Waals surface area contributed by atoms with E-state index in [-0.39, 0.29) is 17.1 Å². The van der Waals surface area contributed by atoms with Crippen molar-refractivity contribution in [2.24, 2.45) is 0 Å². The highest BCUT2D eigenvalue weighted by Crippen LogP contribution is 2.32. The number of hydrogen-bond acceptors (Lipinski definition) is 4. The average molecular weight is 304 g/mol. The molecule has 0 bridgehead atoms. The van der Waals surface area contributed by atoms with Crippen molar-refractivity contribution >= 4 is 5.78 Å². The van der Waals surface area contributed by atoms with Crippen LogP contribution in [0, 0.1) is 0 Å². The number of ether oxygens (including phenoxy) is 1. The van der Waals surface area contributed by atoms with E-state index in [1.165, 1.54) is 30.2 Å². The Kier molecular flexibility index (Phi) is 6.70. The van der Waals surface area contributed by atoms with Crippen LogP contribution >= 0.6 is 0 Å². The van der Waals surface area contributed by atoms with Crippen LogP contribution in [-0.4, -0.2) is 22.6 Å². The number of ketones is 1. The lowest BCUT2D eigenvalue weighted by Gasteiger charge is -2.09. The van der Waals surface area contributed by atoms with Gasteiger partial charge in [0, 0.05) is 12.1 Å². The highest BCUT2D eigenvalue weighted by Gasteiger charge is 2.14. The summed E-state index contributed by atoms with van der Waals surface area (Å²) in [5.74, 6) is -0.608. The Labute approximate surface area is 131 Å². The minimum absolute atomic E-state index is 0.0826. The molecule has 0 atom stereocenters. The summed E-state index contributed by atoms with van der Waals surface area (Å²) in [5, 5.41) is 19.5. The molecule has 22 heavy (non-hydrogen) atoms. The van der Waals surface area contributed by atoms with E-state index in [4.69, 9.17) is 4.74 Å². The Morgan fingerprint density at radius 2 is 1.68 bits per heavy atom. The molecule has 0 fully saturated rings. The van der Waals surface area contributed by atoms with Crippen molar-refractivity contribution in [1.82, 2.24) is 0 Å². The lowest BCUT2D eigenvalue weighted by molar-refractivity contribution is 0.101. The first-order valence-electron chi connectivity index (χ1n) is 7.30. The number of aromatic hydroxyl groups is 2. The van der Waals surface area contributed by atoms with Crippen molar-refractivity contribution in [3.63, 3.8) is 0 Å². The first-order valence-corrected chi connectivity index (χ1v) is 7.30. The standard InChI is InChI=1S/C18H24O4/c1-12(2)6-5-7-13(3)8-9-22-15-10-16(20)18(14(4)19)17(21)11-15/h6,8,10-11,20-21H,5,7,9H2,1-4H3/b13-8+. The monoisotopic (exact) mass is 304 g/mol. The Balaban J connectivity index is 2.62. The molecule has 0 spiro atoms. The van der Waals surface area contributed by atoms with E-state index in [0.29, 0.717) is 12.4 Å². The minimum atomic E-state index is -0.392. The molecule has 0 heterocycles. The van der Waals surface area contributed by atoms with Crippen LogP contribution in [0.25, 0.3) is 0 Å². The van der Waals surface area contributed by atoms with Gasteiger partial charge in [-0.05, 0) is 46.6 Å². The van der Waals surface area contributed by atoms with Crippen LogP contribution < -0.4 is 4.74 Å². The molecule has 0 aromatic heterocycles. The summed E-state index contributed by atoms with van der Waals surface area (Å²) in [6.45, 7) is 7.82. The Hall–Kier alpha value is -2.23. The molecule has 0 saturated carbocycles. The number of hydrogen-bond donors (Lipinski definition) is 2. The van der Waals surface area contributed by atoms with Gasteiger partial charge >= 0.3 is 0 Å². The van der Waals surface area contributed by atoms with Crippen molar-refractivity contribution in [3.05, 3.63) is 41.0 Å². The van der Waals surface area contributed by atoms with Crippen LogP contribution in [-0.2, 0) is 0 Å². The quantitative estimate of drug-likeness (QED) is 0.580. The van der Waals surface area contributed by atoms with Crippen LogP contribution in [0.4, 0.5) is 0 Å². The lowest BCUT2D eigenvalue weighted by Crippen LogP contribution is -1.98. The molecule has 0 radical (unpaired) electrons. The predicted molar refractivity (Wildman–Crippen MR) is 87.7 cm³/mol. The Morgan fingerprint density at radius 1 is 1.09 bits per heavy atom. The number of carbonyl (C=O) groups excluding carboxylic acids is 1. The number of allylic oxidation sites excluding steroid dienone is 3. The fraction of sp³-hybridized carbons (Fsp3) is 0.389. The first-order chi connectivity index (χ1) is 10.3. The molecule has 4 heteroatoms. The van der Waals surface area contributed by atoms with Crippen molar-refractivity contribution < 1.29 is 19.7 Å². The lowest BCUT2D eigenvalue weighted by atomic mass is 10.1. The van der Waals surface area contributed by atoms with E-state index in [1.54, 1.807) is 0 Å². The second kappa shape index (κ2) is 8.27. The number of Topliss-reactive ketones (excluding diaryl/α,β-unsaturated/α-hetero) is 1. The zero-order valence-electron chi connectivity index (χ0n) is 13.6. The number of phenols is 2. The highest BCUT2D eigenvalue weighted by atomic mass is 16.5. The van der Waals surface area contributed by atoms with Gasteiger partial charge in [0.2, 0.25) is 0 Å². The smallest absolute Gasteiger partial charge is 0.167 e. The van der Waals surface area contributed by atoms with E-state index in [2.05, 4.69) is 19.9 Å². The number of carbonyl (C=O) groups is 1. The number of phenolic OH excluding ortho intramolecular Hbond substituents is 2. The molecule has 0 amide bonds. The molecule has 120 valence electrons. The third-order valence-corrected chi connectivity index (χ3v) is 3.20. The fourth-order valence-corrected chi connectivity index (χ4v) is 2.00. The van der Waals surface area contributed by atoms with E-state index >= 15 is 0 Å². The van der Waals surface area contributed by atoms with Crippen molar-refractivity contribution in [3.8, 4) is 17.2 Å². The van der Waals surface area contributed by atoms with Crippen molar-refractivity contribution in [2.75, 3.05) is 6.61 Å². The molecule has 0 saturated heterocycles. The van der Waals surface area contributed by atoms with Crippen LogP contribution in [0.5, 0.6) is 17.2 Å². The maximum absolute atomic E-state index is 11.3. The van der Waals surface area contributed by atoms with Gasteiger partial charge in [-0.15, -0.1) is 0 Å². The van der Waals surface area contributed by atoms with E-state index in [1.807, 2.05) is 13.0 Å². The van der Waals surface area contributed by atoms with Gasteiger partial charge in [0.05, 0.1) is 0 Å². The van der Waals surface area contributed by atoms with Gasteiger partial charge in [0.25, 0.3) is 0 Å². The summed E-state index contributed by atoms with van der Waals surface area (Å²) in [4.78, 5) is 11.3. The molecule has 0 aliphatic carbocycles. The first kappa shape index (κ1) is 17.8. The van der Waals surface area contributed by atoms with Crippen molar-refractivity contribution in [2.45, 2.75) is 40.5 Å². The molecule has 0 aliphatic heterocycles. The zero-order chi connectivity index (χ0) is 16.7. The number of benzene rings is 1. The second-order valence-corrected chi connectivity index (χ2v) is 5.57. The number of rotatable bonds is 7. The van der Waals surface area contributed by atoms with E-state index < -0.39 is 5.78 Å². The molecule has 0 unspecified atom stereocenters. The fourth-order valence-electron chi connectivity index (χ4n) is 2.00. The van der Waals surface area contributed by atoms with Gasteiger partial charge in [0.1, 0.15) is 29.4 Å². The summed E-state index contributed by atoms with van der Waals surface area (Å²) in [5.41, 5.74) is 2.44. The molecule has 0 aliphatic rings. The normalized spacial score (nSPS) is 11.2. The maximum atomic E-state index is 11.3. The topological polar surface area (TPSA) is 66.8 Å². The third kappa shape index (κ3) is 5.64. The van der Waals surface area contributed by atoms with E-state index in [0.717, 1.165) is 12.8 Å². The summed E-state index contributed by atoms with van der Waals surface area (Å²) in [6, 6.07) is 2.67. The van der Waals surface area contributed by atoms with Crippen molar-refractivity contribution in [1.29, 1.82) is 0 Å². The minimum Gasteiger partial charge on any atom is -0.507 e. The van der Waals surface area contributed by atoms with Gasteiger partial charge in [-0.2, -0.15) is 0 Å². The van der Waals surface area contributed by atoms with Gasteiger partial charge < -0.3 is 14.9 Å². The molecule has 1 aromatic carbocycles. The van der Waals surface area contributed by atoms with Gasteiger partial charge in [-0.1, -0.05) is 17.2 Å². The molecular formula is C18H24O4. The molecule has 1 rings (SSSR count). The Morgan fingerprint density at radius 3 is 2.18 bits per heavy atom. The molecular weight excluding hydrogens is 280 g/mol. The summed E-state index contributed by atoms with van der Waals surface area (Å²) < 4.78 is 5.48.